The zero-order chi connectivity index (χ0) is 11.4. The average molecular weight is 259 g/mol. The van der Waals surface area contributed by atoms with Crippen LogP contribution in [0, 0.1) is 0 Å². The van der Waals surface area contributed by atoms with Gasteiger partial charge in [0, 0.05) is 28.4 Å². The van der Waals surface area contributed by atoms with Crippen LogP contribution in [0.25, 0.3) is 0 Å². The van der Waals surface area contributed by atoms with Gasteiger partial charge in [-0.2, -0.15) is 23.5 Å². The van der Waals surface area contributed by atoms with Gasteiger partial charge in [0.2, 0.25) is 0 Å². The number of hydrogen-bond acceptors (Lipinski definition) is 4. The first-order chi connectivity index (χ1) is 7.86. The molecule has 1 fully saturated rings. The number of thioether (sulfide) groups is 2. The molecule has 1 saturated heterocycles. The average Bonchev–Trinajstić information content (AvgIpc) is 2.84. The molecule has 0 aliphatic carbocycles. The lowest BCUT2D eigenvalue weighted by molar-refractivity contribution is 0.215. The lowest BCUT2D eigenvalue weighted by Gasteiger charge is -2.35. The van der Waals surface area contributed by atoms with Gasteiger partial charge >= 0.3 is 0 Å². The third-order valence-corrected chi connectivity index (χ3v) is 6.52. The Morgan fingerprint density at radius 3 is 2.94 bits per heavy atom. The van der Waals surface area contributed by atoms with E-state index in [0.717, 1.165) is 18.3 Å². The van der Waals surface area contributed by atoms with Crippen LogP contribution in [0.2, 0.25) is 0 Å². The lowest BCUT2D eigenvalue weighted by Crippen LogP contribution is -2.44. The van der Waals surface area contributed by atoms with Gasteiger partial charge in [0.15, 0.2) is 0 Å². The number of likely N-dealkylation sites (N-methyl/N-ethyl adjacent to an activating group) is 1. The zero-order valence-corrected chi connectivity index (χ0v) is 11.7. The Kier molecular flexibility index (Phi) is 4.92. The first-order valence-electron chi connectivity index (χ1n) is 6.10. The smallest absolute Gasteiger partial charge is 0.110 e. The van der Waals surface area contributed by atoms with Crippen molar-refractivity contribution < 1.29 is 4.74 Å². The van der Waals surface area contributed by atoms with E-state index in [0.29, 0.717) is 11.3 Å². The summed E-state index contributed by atoms with van der Waals surface area (Å²) in [7, 11) is 2.06. The molecule has 0 amide bonds. The SMILES string of the molecule is CCC1SCCSC1C(NC)C1=CCCO1. The molecule has 1 N–H and O–H groups in total. The van der Waals surface area contributed by atoms with E-state index in [-0.39, 0.29) is 0 Å². The van der Waals surface area contributed by atoms with Gasteiger partial charge in [-0.3, -0.25) is 0 Å². The van der Waals surface area contributed by atoms with Crippen LogP contribution in [-0.4, -0.2) is 41.7 Å². The topological polar surface area (TPSA) is 21.3 Å². The minimum atomic E-state index is 0.408. The van der Waals surface area contributed by atoms with E-state index in [9.17, 15) is 0 Å². The summed E-state index contributed by atoms with van der Waals surface area (Å²) in [6, 6.07) is 0.408. The molecule has 0 aromatic heterocycles. The molecule has 16 heavy (non-hydrogen) atoms. The maximum atomic E-state index is 5.73. The van der Waals surface area contributed by atoms with Gasteiger partial charge in [-0.1, -0.05) is 6.92 Å². The molecule has 3 atom stereocenters. The molecule has 0 aromatic carbocycles. The van der Waals surface area contributed by atoms with Gasteiger partial charge in [0.1, 0.15) is 5.76 Å². The van der Waals surface area contributed by atoms with Gasteiger partial charge in [0.05, 0.1) is 12.6 Å². The molecule has 0 spiro atoms. The molecule has 2 rings (SSSR count). The summed E-state index contributed by atoms with van der Waals surface area (Å²) in [5, 5.41) is 4.88. The van der Waals surface area contributed by atoms with Crippen molar-refractivity contribution in [3.05, 3.63) is 11.8 Å². The van der Waals surface area contributed by atoms with Gasteiger partial charge in [-0.25, -0.2) is 0 Å². The fourth-order valence-corrected chi connectivity index (χ4v) is 5.64. The number of nitrogens with one attached hydrogen (secondary N) is 1. The highest BCUT2D eigenvalue weighted by Crippen LogP contribution is 2.37. The molecule has 0 bridgehead atoms. The fourth-order valence-electron chi connectivity index (χ4n) is 2.37. The van der Waals surface area contributed by atoms with Gasteiger partial charge in [-0.15, -0.1) is 0 Å². The Hall–Kier alpha value is 0.200. The molecule has 4 heteroatoms. The maximum absolute atomic E-state index is 5.73. The van der Waals surface area contributed by atoms with Crippen molar-refractivity contribution >= 4 is 23.5 Å². The molecular formula is C12H21NOS2. The standard InChI is InChI=1S/C12H21NOS2/c1-3-10-12(16-8-7-15-10)11(13-2)9-5-4-6-14-9/h5,10-13H,3-4,6-8H2,1-2H3. The summed E-state index contributed by atoms with van der Waals surface area (Å²) in [5.41, 5.74) is 0. The predicted octanol–water partition coefficient (Wildman–Crippen LogP) is 2.51. The molecule has 0 aromatic rings. The monoisotopic (exact) mass is 259 g/mol. The molecular weight excluding hydrogens is 238 g/mol. The van der Waals surface area contributed by atoms with Gasteiger partial charge < -0.3 is 10.1 Å². The summed E-state index contributed by atoms with van der Waals surface area (Å²) in [6.45, 7) is 3.17. The van der Waals surface area contributed by atoms with Crippen molar-refractivity contribution in [2.45, 2.75) is 36.3 Å². The van der Waals surface area contributed by atoms with E-state index in [1.54, 1.807) is 0 Å². The van der Waals surface area contributed by atoms with Crippen LogP contribution in [-0.2, 0) is 4.74 Å². The highest BCUT2D eigenvalue weighted by Gasteiger charge is 2.34. The number of ether oxygens (including phenoxy) is 1. The predicted molar refractivity (Wildman–Crippen MR) is 74.3 cm³/mol. The first kappa shape index (κ1) is 12.7. The van der Waals surface area contributed by atoms with Crippen LogP contribution in [0.3, 0.4) is 0 Å². The number of rotatable bonds is 4. The summed E-state index contributed by atoms with van der Waals surface area (Å²) in [6.07, 6.45) is 4.59. The van der Waals surface area contributed by atoms with E-state index >= 15 is 0 Å². The van der Waals surface area contributed by atoms with Crippen molar-refractivity contribution in [3.63, 3.8) is 0 Å². The van der Waals surface area contributed by atoms with Crippen LogP contribution in [0.4, 0.5) is 0 Å². The second kappa shape index (κ2) is 6.22. The Bertz CT molecular complexity index is 257. The Morgan fingerprint density at radius 2 is 2.31 bits per heavy atom. The fraction of sp³-hybridized carbons (Fsp3) is 0.833. The van der Waals surface area contributed by atoms with E-state index < -0.39 is 0 Å². The summed E-state index contributed by atoms with van der Waals surface area (Å²) < 4.78 is 5.73. The van der Waals surface area contributed by atoms with Crippen molar-refractivity contribution in [3.8, 4) is 0 Å². The van der Waals surface area contributed by atoms with Crippen molar-refractivity contribution in [2.75, 3.05) is 25.2 Å². The molecule has 2 aliphatic heterocycles. The van der Waals surface area contributed by atoms with Gasteiger partial charge in [0.25, 0.3) is 0 Å². The third kappa shape index (κ3) is 2.71. The van der Waals surface area contributed by atoms with E-state index in [2.05, 4.69) is 48.9 Å². The van der Waals surface area contributed by atoms with Crippen LogP contribution in [0.15, 0.2) is 11.8 Å². The van der Waals surface area contributed by atoms with E-state index in [4.69, 9.17) is 4.74 Å². The van der Waals surface area contributed by atoms with Crippen molar-refractivity contribution in [1.29, 1.82) is 0 Å². The second-order valence-electron chi connectivity index (χ2n) is 4.16. The van der Waals surface area contributed by atoms with E-state index in [1.807, 2.05) is 0 Å². The molecule has 2 nitrogen and oxygen atoms in total. The van der Waals surface area contributed by atoms with Crippen molar-refractivity contribution in [1.82, 2.24) is 5.32 Å². The Balaban J connectivity index is 2.06. The quantitative estimate of drug-likeness (QED) is 0.837. The minimum Gasteiger partial charge on any atom is -0.496 e. The second-order valence-corrected chi connectivity index (χ2v) is 6.80. The molecule has 92 valence electrons. The highest BCUT2D eigenvalue weighted by atomic mass is 32.2. The normalized spacial score (nSPS) is 32.0. The highest BCUT2D eigenvalue weighted by molar-refractivity contribution is 8.07. The molecule has 3 unspecified atom stereocenters. The molecule has 0 saturated carbocycles. The van der Waals surface area contributed by atoms with Crippen LogP contribution >= 0.6 is 23.5 Å². The van der Waals surface area contributed by atoms with E-state index in [1.165, 1.54) is 23.7 Å². The maximum Gasteiger partial charge on any atom is 0.110 e. The first-order valence-corrected chi connectivity index (χ1v) is 8.20. The lowest BCUT2D eigenvalue weighted by atomic mass is 10.1. The zero-order valence-electron chi connectivity index (χ0n) is 10.1. The van der Waals surface area contributed by atoms with Crippen LogP contribution < -0.4 is 5.32 Å². The molecule has 2 aliphatic rings. The Labute approximate surface area is 107 Å². The van der Waals surface area contributed by atoms with Crippen LogP contribution in [0.5, 0.6) is 0 Å². The molecule has 2 heterocycles. The summed E-state index contributed by atoms with van der Waals surface area (Å²) >= 11 is 4.24. The van der Waals surface area contributed by atoms with Crippen molar-refractivity contribution in [2.24, 2.45) is 0 Å². The molecule has 0 radical (unpaired) electrons. The summed E-state index contributed by atoms with van der Waals surface area (Å²) in [4.78, 5) is 0. The largest absolute Gasteiger partial charge is 0.496 e. The third-order valence-electron chi connectivity index (χ3n) is 3.17. The number of hydrogen-bond donors (Lipinski definition) is 1. The summed E-state index contributed by atoms with van der Waals surface area (Å²) in [5.74, 6) is 3.76. The van der Waals surface area contributed by atoms with Crippen LogP contribution in [0.1, 0.15) is 19.8 Å². The van der Waals surface area contributed by atoms with Gasteiger partial charge in [-0.05, 0) is 19.5 Å². The Morgan fingerprint density at radius 1 is 1.50 bits per heavy atom. The minimum absolute atomic E-state index is 0.408.